The predicted octanol–water partition coefficient (Wildman–Crippen LogP) is 2.92. The highest BCUT2D eigenvalue weighted by atomic mass is 16.6. The average molecular weight is 312 g/mol. The highest BCUT2D eigenvalue weighted by Gasteiger charge is 2.16. The van der Waals surface area contributed by atoms with E-state index in [1.165, 1.54) is 0 Å². The molecule has 0 heterocycles. The van der Waals surface area contributed by atoms with Crippen molar-refractivity contribution in [1.82, 2.24) is 4.90 Å². The maximum absolute atomic E-state index is 12.3. The SMILES string of the molecule is O=C(CC[N+](=O)[O-])N(CCc1ccccc1)Cc1ccccc1. The minimum atomic E-state index is -0.449. The number of carbonyl (C=O) groups excluding carboxylic acids is 1. The minimum Gasteiger partial charge on any atom is -0.338 e. The fourth-order valence-corrected chi connectivity index (χ4v) is 2.35. The van der Waals surface area contributed by atoms with Gasteiger partial charge in [0.1, 0.15) is 0 Å². The second-order valence-electron chi connectivity index (χ2n) is 5.34. The Kier molecular flexibility index (Phi) is 6.29. The fraction of sp³-hybridized carbons (Fsp3) is 0.278. The van der Waals surface area contributed by atoms with Crippen LogP contribution in [-0.4, -0.2) is 28.8 Å². The molecule has 0 N–H and O–H groups in total. The van der Waals surface area contributed by atoms with Crippen molar-refractivity contribution in [3.8, 4) is 0 Å². The molecule has 0 aromatic heterocycles. The van der Waals surface area contributed by atoms with E-state index < -0.39 is 4.92 Å². The zero-order valence-electron chi connectivity index (χ0n) is 12.9. The lowest BCUT2D eigenvalue weighted by molar-refractivity contribution is -0.478. The van der Waals surface area contributed by atoms with Gasteiger partial charge in [-0.2, -0.15) is 0 Å². The molecule has 0 aliphatic heterocycles. The van der Waals surface area contributed by atoms with Gasteiger partial charge in [0.05, 0.1) is 6.42 Å². The standard InChI is InChI=1S/C18H20N2O3/c21-18(12-14-20(22)23)19(15-17-9-5-2-6-10-17)13-11-16-7-3-1-4-8-16/h1-10H,11-15H2. The van der Waals surface area contributed by atoms with Crippen LogP contribution in [0.1, 0.15) is 17.5 Å². The Bertz CT molecular complexity index is 629. The molecule has 5 heteroatoms. The first-order valence-corrected chi connectivity index (χ1v) is 7.62. The van der Waals surface area contributed by atoms with Crippen LogP contribution in [-0.2, 0) is 17.8 Å². The second-order valence-corrected chi connectivity index (χ2v) is 5.34. The van der Waals surface area contributed by atoms with Crippen LogP contribution in [0.2, 0.25) is 0 Å². The third-order valence-corrected chi connectivity index (χ3v) is 3.59. The van der Waals surface area contributed by atoms with Crippen LogP contribution in [0, 0.1) is 10.1 Å². The average Bonchev–Trinajstić information content (AvgIpc) is 2.58. The van der Waals surface area contributed by atoms with Crippen LogP contribution < -0.4 is 0 Å². The zero-order valence-corrected chi connectivity index (χ0v) is 12.9. The van der Waals surface area contributed by atoms with Crippen molar-refractivity contribution < 1.29 is 9.72 Å². The Labute approximate surface area is 135 Å². The number of rotatable bonds is 8. The van der Waals surface area contributed by atoms with Gasteiger partial charge in [-0.25, -0.2) is 0 Å². The molecule has 0 saturated carbocycles. The first-order chi connectivity index (χ1) is 11.1. The monoisotopic (exact) mass is 312 g/mol. The molecule has 2 rings (SSSR count). The maximum Gasteiger partial charge on any atom is 0.229 e. The van der Waals surface area contributed by atoms with Crippen LogP contribution >= 0.6 is 0 Å². The maximum atomic E-state index is 12.3. The Morgan fingerprint density at radius 1 is 0.957 bits per heavy atom. The smallest absolute Gasteiger partial charge is 0.229 e. The van der Waals surface area contributed by atoms with E-state index in [1.54, 1.807) is 4.90 Å². The van der Waals surface area contributed by atoms with Gasteiger partial charge < -0.3 is 4.90 Å². The number of amides is 1. The lowest BCUT2D eigenvalue weighted by Crippen LogP contribution is -2.33. The lowest BCUT2D eigenvalue weighted by Gasteiger charge is -2.22. The largest absolute Gasteiger partial charge is 0.338 e. The molecule has 2 aromatic carbocycles. The molecule has 0 aliphatic carbocycles. The summed E-state index contributed by atoms with van der Waals surface area (Å²) in [5.74, 6) is -0.179. The van der Waals surface area contributed by atoms with Crippen molar-refractivity contribution in [2.45, 2.75) is 19.4 Å². The Morgan fingerprint density at radius 2 is 1.52 bits per heavy atom. The van der Waals surface area contributed by atoms with Crippen LogP contribution in [0.5, 0.6) is 0 Å². The number of nitrogens with zero attached hydrogens (tertiary/aromatic N) is 2. The van der Waals surface area contributed by atoms with E-state index in [1.807, 2.05) is 60.7 Å². The summed E-state index contributed by atoms with van der Waals surface area (Å²) in [4.78, 5) is 24.0. The summed E-state index contributed by atoms with van der Waals surface area (Å²) in [6.45, 7) is 0.704. The molecule has 5 nitrogen and oxygen atoms in total. The van der Waals surface area contributed by atoms with E-state index in [2.05, 4.69) is 0 Å². The van der Waals surface area contributed by atoms with Crippen molar-refractivity contribution in [2.75, 3.05) is 13.1 Å². The Balaban J connectivity index is 2.01. The number of hydrogen-bond acceptors (Lipinski definition) is 3. The van der Waals surface area contributed by atoms with Gasteiger partial charge in [0.2, 0.25) is 12.5 Å². The molecule has 0 radical (unpaired) electrons. The van der Waals surface area contributed by atoms with E-state index in [-0.39, 0.29) is 18.9 Å². The van der Waals surface area contributed by atoms with E-state index >= 15 is 0 Å². The van der Waals surface area contributed by atoms with Gasteiger partial charge in [-0.1, -0.05) is 60.7 Å². The third kappa shape index (κ3) is 5.90. The Morgan fingerprint density at radius 3 is 2.09 bits per heavy atom. The summed E-state index contributed by atoms with van der Waals surface area (Å²) in [5.41, 5.74) is 2.17. The number of benzene rings is 2. The van der Waals surface area contributed by atoms with Gasteiger partial charge in [0, 0.05) is 18.0 Å². The van der Waals surface area contributed by atoms with Gasteiger partial charge in [-0.15, -0.1) is 0 Å². The Hall–Kier alpha value is -2.69. The molecule has 0 saturated heterocycles. The molecule has 0 unspecified atom stereocenters. The highest BCUT2D eigenvalue weighted by Crippen LogP contribution is 2.09. The van der Waals surface area contributed by atoms with Crippen LogP contribution in [0.3, 0.4) is 0 Å². The molecule has 1 amide bonds. The van der Waals surface area contributed by atoms with Crippen LogP contribution in [0.25, 0.3) is 0 Å². The summed E-state index contributed by atoms with van der Waals surface area (Å²) >= 11 is 0. The number of nitro groups is 1. The minimum absolute atomic E-state index is 0.0609. The van der Waals surface area contributed by atoms with E-state index in [9.17, 15) is 14.9 Å². The van der Waals surface area contributed by atoms with Gasteiger partial charge in [0.25, 0.3) is 0 Å². The molecule has 0 aliphatic rings. The van der Waals surface area contributed by atoms with Crippen LogP contribution in [0.15, 0.2) is 60.7 Å². The van der Waals surface area contributed by atoms with Crippen molar-refractivity contribution in [1.29, 1.82) is 0 Å². The third-order valence-electron chi connectivity index (χ3n) is 3.59. The molecule has 0 fully saturated rings. The molecular formula is C18H20N2O3. The van der Waals surface area contributed by atoms with Crippen molar-refractivity contribution in [2.24, 2.45) is 0 Å². The zero-order chi connectivity index (χ0) is 16.5. The predicted molar refractivity (Wildman–Crippen MR) is 88.5 cm³/mol. The molecular weight excluding hydrogens is 292 g/mol. The first kappa shape index (κ1) is 16.7. The second kappa shape index (κ2) is 8.68. The van der Waals surface area contributed by atoms with E-state index in [0.717, 1.165) is 17.5 Å². The van der Waals surface area contributed by atoms with Crippen molar-refractivity contribution in [3.63, 3.8) is 0 Å². The first-order valence-electron chi connectivity index (χ1n) is 7.62. The molecule has 0 atom stereocenters. The van der Waals surface area contributed by atoms with Crippen molar-refractivity contribution in [3.05, 3.63) is 81.9 Å². The summed E-state index contributed by atoms with van der Waals surface area (Å²) in [5, 5.41) is 10.5. The molecule has 2 aromatic rings. The summed E-state index contributed by atoms with van der Waals surface area (Å²) in [6.07, 6.45) is 0.673. The molecule has 0 spiro atoms. The lowest BCUT2D eigenvalue weighted by atomic mass is 10.1. The fourth-order valence-electron chi connectivity index (χ4n) is 2.35. The normalized spacial score (nSPS) is 10.3. The molecule has 0 bridgehead atoms. The van der Waals surface area contributed by atoms with Gasteiger partial charge in [-0.3, -0.25) is 14.9 Å². The summed E-state index contributed by atoms with van der Waals surface area (Å²) in [7, 11) is 0. The molecule has 120 valence electrons. The topological polar surface area (TPSA) is 63.4 Å². The van der Waals surface area contributed by atoms with E-state index in [0.29, 0.717) is 13.1 Å². The number of carbonyl (C=O) groups is 1. The quantitative estimate of drug-likeness (QED) is 0.556. The van der Waals surface area contributed by atoms with Crippen LogP contribution in [0.4, 0.5) is 0 Å². The summed E-state index contributed by atoms with van der Waals surface area (Å²) < 4.78 is 0. The summed E-state index contributed by atoms with van der Waals surface area (Å²) in [6, 6.07) is 19.6. The van der Waals surface area contributed by atoms with Gasteiger partial charge in [-0.05, 0) is 17.5 Å². The van der Waals surface area contributed by atoms with Crippen molar-refractivity contribution >= 4 is 5.91 Å². The highest BCUT2D eigenvalue weighted by molar-refractivity contribution is 5.76. The van der Waals surface area contributed by atoms with E-state index in [4.69, 9.17) is 0 Å². The number of hydrogen-bond donors (Lipinski definition) is 0. The molecule has 23 heavy (non-hydrogen) atoms. The van der Waals surface area contributed by atoms with Gasteiger partial charge >= 0.3 is 0 Å². The van der Waals surface area contributed by atoms with Gasteiger partial charge in [0.15, 0.2) is 0 Å².